The van der Waals surface area contributed by atoms with Gasteiger partial charge in [-0.2, -0.15) is 0 Å². The van der Waals surface area contributed by atoms with Crippen molar-refractivity contribution in [3.63, 3.8) is 0 Å². The lowest BCUT2D eigenvalue weighted by Crippen LogP contribution is -2.33. The van der Waals surface area contributed by atoms with E-state index in [0.29, 0.717) is 0 Å². The summed E-state index contributed by atoms with van der Waals surface area (Å²) in [5.74, 6) is 0. The quantitative estimate of drug-likeness (QED) is 0.0344. The SMILES string of the molecule is CCCCCCCCCCCCCCCCOOC(CCCCCCCCCCCCCCC)(CCCCCCCCCCCCCCCC)CCCCCCCCCCCCCCCC. The van der Waals surface area contributed by atoms with Crippen LogP contribution in [0.5, 0.6) is 0 Å². The molecule has 0 rings (SSSR count). The number of hydrogen-bond acceptors (Lipinski definition) is 2. The molecule has 2 nitrogen and oxygen atoms in total. The summed E-state index contributed by atoms with van der Waals surface area (Å²) in [4.78, 5) is 13.1. The Labute approximate surface area is 420 Å². The van der Waals surface area contributed by atoms with Crippen LogP contribution in [0.4, 0.5) is 0 Å². The van der Waals surface area contributed by atoms with Gasteiger partial charge in [-0.3, -0.25) is 0 Å². The standard InChI is InChI=1S/C64H130O2/c1-5-9-13-17-21-25-29-33-37-41-45-49-53-57-61-64(60-56-52-48-44-40-36-32-28-24-20-16-12-8-4,62-58-54-50-46-42-38-34-30-26-22-18-14-10-6-2)66-65-63-59-55-51-47-43-39-35-31-27-23-19-15-11-7-3/h5-63H2,1-4H3. The van der Waals surface area contributed by atoms with Crippen molar-refractivity contribution in [2.75, 3.05) is 6.61 Å². The van der Waals surface area contributed by atoms with Crippen molar-refractivity contribution in [2.24, 2.45) is 0 Å². The van der Waals surface area contributed by atoms with Gasteiger partial charge in [0.15, 0.2) is 0 Å². The van der Waals surface area contributed by atoms with Crippen LogP contribution in [0.2, 0.25) is 0 Å². The van der Waals surface area contributed by atoms with Crippen molar-refractivity contribution in [1.29, 1.82) is 0 Å². The van der Waals surface area contributed by atoms with Gasteiger partial charge in [-0.15, -0.1) is 0 Å². The van der Waals surface area contributed by atoms with Crippen LogP contribution in [-0.4, -0.2) is 12.2 Å². The first kappa shape index (κ1) is 65.9. The fourth-order valence-electron chi connectivity index (χ4n) is 10.8. The molecule has 0 aliphatic heterocycles. The molecule has 0 amide bonds. The summed E-state index contributed by atoms with van der Waals surface area (Å²) in [6.45, 7) is 10.1. The topological polar surface area (TPSA) is 18.5 Å². The Hall–Kier alpha value is -0.0800. The third-order valence-corrected chi connectivity index (χ3v) is 15.5. The van der Waals surface area contributed by atoms with E-state index in [4.69, 9.17) is 9.78 Å². The Morgan fingerprint density at radius 2 is 0.333 bits per heavy atom. The molecule has 0 N–H and O–H groups in total. The Bertz CT molecular complexity index is 792. The second kappa shape index (κ2) is 59.2. The Morgan fingerprint density at radius 3 is 0.515 bits per heavy atom. The van der Waals surface area contributed by atoms with E-state index in [2.05, 4.69) is 27.7 Å². The molecule has 0 bridgehead atoms. The highest BCUT2D eigenvalue weighted by molar-refractivity contribution is 4.80. The van der Waals surface area contributed by atoms with E-state index in [9.17, 15) is 0 Å². The zero-order chi connectivity index (χ0) is 47.6. The van der Waals surface area contributed by atoms with Crippen LogP contribution in [0.1, 0.15) is 400 Å². The highest BCUT2D eigenvalue weighted by Gasteiger charge is 2.31. The van der Waals surface area contributed by atoms with Gasteiger partial charge in [-0.25, -0.2) is 9.78 Å². The minimum absolute atomic E-state index is 0.0674. The molecule has 0 fully saturated rings. The molecule has 0 aliphatic carbocycles. The molecule has 0 heterocycles. The summed E-state index contributed by atoms with van der Waals surface area (Å²) < 4.78 is 0. The largest absolute Gasteiger partial charge is 0.236 e. The van der Waals surface area contributed by atoms with Crippen LogP contribution in [0.15, 0.2) is 0 Å². The van der Waals surface area contributed by atoms with Gasteiger partial charge in [0, 0.05) is 0 Å². The molecule has 0 atom stereocenters. The van der Waals surface area contributed by atoms with Gasteiger partial charge in [0.2, 0.25) is 0 Å². The fourth-order valence-corrected chi connectivity index (χ4v) is 10.8. The van der Waals surface area contributed by atoms with Gasteiger partial charge in [-0.05, 0) is 25.7 Å². The van der Waals surface area contributed by atoms with E-state index in [0.717, 1.165) is 13.0 Å². The van der Waals surface area contributed by atoms with Gasteiger partial charge in [0.05, 0.1) is 6.61 Å². The lowest BCUT2D eigenvalue weighted by Gasteiger charge is -2.33. The number of rotatable bonds is 61. The average molecular weight is 932 g/mol. The van der Waals surface area contributed by atoms with Crippen molar-refractivity contribution in [1.82, 2.24) is 0 Å². The lowest BCUT2D eigenvalue weighted by atomic mass is 9.85. The molecule has 0 spiro atoms. The first-order chi connectivity index (χ1) is 32.7. The first-order valence-electron chi connectivity index (χ1n) is 32.0. The van der Waals surface area contributed by atoms with Crippen LogP contribution in [0.3, 0.4) is 0 Å². The third kappa shape index (κ3) is 53.3. The summed E-state index contributed by atoms with van der Waals surface area (Å²) >= 11 is 0. The zero-order valence-corrected chi connectivity index (χ0v) is 47.0. The van der Waals surface area contributed by atoms with E-state index in [1.165, 1.54) is 366 Å². The maximum atomic E-state index is 6.78. The first-order valence-corrected chi connectivity index (χ1v) is 32.0. The molecule has 0 saturated heterocycles. The van der Waals surface area contributed by atoms with Crippen LogP contribution in [0.25, 0.3) is 0 Å². The van der Waals surface area contributed by atoms with E-state index in [-0.39, 0.29) is 5.60 Å². The molecule has 0 aromatic heterocycles. The van der Waals surface area contributed by atoms with Crippen molar-refractivity contribution < 1.29 is 9.78 Å². The van der Waals surface area contributed by atoms with Crippen LogP contribution in [-0.2, 0) is 9.78 Å². The van der Waals surface area contributed by atoms with Gasteiger partial charge < -0.3 is 0 Å². The highest BCUT2D eigenvalue weighted by atomic mass is 17.2. The van der Waals surface area contributed by atoms with E-state index < -0.39 is 0 Å². The summed E-state index contributed by atoms with van der Waals surface area (Å²) in [6, 6.07) is 0. The van der Waals surface area contributed by atoms with E-state index >= 15 is 0 Å². The Balaban J connectivity index is 4.93. The summed E-state index contributed by atoms with van der Waals surface area (Å²) in [6.07, 6.45) is 81.7. The van der Waals surface area contributed by atoms with Crippen molar-refractivity contribution in [2.45, 2.75) is 406 Å². The predicted octanol–water partition coefficient (Wildman–Crippen LogP) is 24.4. The van der Waals surface area contributed by atoms with Crippen LogP contribution in [0, 0.1) is 0 Å². The predicted molar refractivity (Wildman–Crippen MR) is 300 cm³/mol. The molecule has 0 unspecified atom stereocenters. The molecule has 0 aromatic rings. The molecular formula is C64H130O2. The third-order valence-electron chi connectivity index (χ3n) is 15.5. The van der Waals surface area contributed by atoms with Crippen molar-refractivity contribution >= 4 is 0 Å². The molecule has 66 heavy (non-hydrogen) atoms. The van der Waals surface area contributed by atoms with Gasteiger partial charge in [0.1, 0.15) is 5.60 Å². The molecule has 398 valence electrons. The summed E-state index contributed by atoms with van der Waals surface area (Å²) in [7, 11) is 0. The Morgan fingerprint density at radius 1 is 0.182 bits per heavy atom. The fraction of sp³-hybridized carbons (Fsp3) is 1.00. The van der Waals surface area contributed by atoms with Crippen LogP contribution < -0.4 is 0 Å². The van der Waals surface area contributed by atoms with Crippen LogP contribution >= 0.6 is 0 Å². The highest BCUT2D eigenvalue weighted by Crippen LogP contribution is 2.34. The lowest BCUT2D eigenvalue weighted by molar-refractivity contribution is -0.367. The zero-order valence-electron chi connectivity index (χ0n) is 47.0. The summed E-state index contributed by atoms with van der Waals surface area (Å²) in [5, 5.41) is 0. The number of unbranched alkanes of at least 4 members (excludes halogenated alkanes) is 51. The van der Waals surface area contributed by atoms with E-state index in [1.807, 2.05) is 0 Å². The second-order valence-corrected chi connectivity index (χ2v) is 22.4. The average Bonchev–Trinajstić information content (AvgIpc) is 3.33. The monoisotopic (exact) mass is 931 g/mol. The van der Waals surface area contributed by atoms with Gasteiger partial charge >= 0.3 is 0 Å². The molecular weight excluding hydrogens is 801 g/mol. The maximum absolute atomic E-state index is 6.78. The molecule has 0 radical (unpaired) electrons. The van der Waals surface area contributed by atoms with Crippen molar-refractivity contribution in [3.8, 4) is 0 Å². The Kier molecular flexibility index (Phi) is 59.2. The normalized spacial score (nSPS) is 12.0. The van der Waals surface area contributed by atoms with Gasteiger partial charge in [-0.1, -0.05) is 374 Å². The van der Waals surface area contributed by atoms with Gasteiger partial charge in [0.25, 0.3) is 0 Å². The molecule has 0 aliphatic rings. The molecule has 0 saturated carbocycles. The molecule has 2 heteroatoms. The molecule has 0 aromatic carbocycles. The number of hydrogen-bond donors (Lipinski definition) is 0. The minimum atomic E-state index is -0.0674. The maximum Gasteiger partial charge on any atom is 0.104 e. The summed E-state index contributed by atoms with van der Waals surface area (Å²) in [5.41, 5.74) is -0.0674. The van der Waals surface area contributed by atoms with E-state index in [1.54, 1.807) is 0 Å². The second-order valence-electron chi connectivity index (χ2n) is 22.4. The smallest absolute Gasteiger partial charge is 0.104 e. The minimum Gasteiger partial charge on any atom is -0.236 e. The van der Waals surface area contributed by atoms with Crippen molar-refractivity contribution in [3.05, 3.63) is 0 Å².